The number of carbonyl (C=O) groups is 3. The summed E-state index contributed by atoms with van der Waals surface area (Å²) in [5.74, 6) is -1.51. The van der Waals surface area contributed by atoms with E-state index in [1.54, 1.807) is 17.5 Å². The van der Waals surface area contributed by atoms with Crippen LogP contribution in [0.15, 0.2) is 66.0 Å². The van der Waals surface area contributed by atoms with Crippen LogP contribution in [0.1, 0.15) is 47.2 Å². The van der Waals surface area contributed by atoms with Gasteiger partial charge in [-0.25, -0.2) is 9.59 Å². The van der Waals surface area contributed by atoms with E-state index < -0.39 is 23.5 Å². The van der Waals surface area contributed by atoms with E-state index in [-0.39, 0.29) is 25.0 Å². The number of thiophene rings is 1. The lowest BCUT2D eigenvalue weighted by molar-refractivity contribution is -0.145. The van der Waals surface area contributed by atoms with Gasteiger partial charge in [0.05, 0.1) is 5.41 Å². The molecule has 1 fully saturated rings. The number of carboxylic acid groups (broad SMARTS) is 1. The summed E-state index contributed by atoms with van der Waals surface area (Å²) in [6, 6.07) is 18.6. The maximum Gasteiger partial charge on any atom is 0.407 e. The van der Waals surface area contributed by atoms with E-state index in [4.69, 9.17) is 4.74 Å². The number of fused-ring (bicyclic) bond motifs is 3. The number of hydrogen-bond donors (Lipinski definition) is 3. The van der Waals surface area contributed by atoms with Crippen LogP contribution < -0.4 is 10.6 Å². The third-order valence-electron chi connectivity index (χ3n) is 7.06. The summed E-state index contributed by atoms with van der Waals surface area (Å²) in [6.07, 6.45) is 1.42. The number of rotatable bonds is 8. The summed E-state index contributed by atoms with van der Waals surface area (Å²) in [5, 5.41) is 16.8. The summed E-state index contributed by atoms with van der Waals surface area (Å²) in [4.78, 5) is 37.9. The maximum absolute atomic E-state index is 13.0. The molecule has 2 amide bonds. The first-order chi connectivity index (χ1) is 17.0. The lowest BCUT2D eigenvalue weighted by Gasteiger charge is -2.40. The molecule has 180 valence electrons. The Hall–Kier alpha value is -3.65. The fourth-order valence-electron chi connectivity index (χ4n) is 4.97. The van der Waals surface area contributed by atoms with Gasteiger partial charge in [0.1, 0.15) is 6.61 Å². The third kappa shape index (κ3) is 4.41. The van der Waals surface area contributed by atoms with E-state index in [0.29, 0.717) is 17.7 Å². The molecular weight excluding hydrogens is 464 g/mol. The van der Waals surface area contributed by atoms with Crippen molar-refractivity contribution in [3.05, 3.63) is 82.0 Å². The molecule has 1 heterocycles. The van der Waals surface area contributed by atoms with Crippen LogP contribution in [0.5, 0.6) is 0 Å². The second-order valence-corrected chi connectivity index (χ2v) is 10.1. The minimum absolute atomic E-state index is 0.0452. The number of ether oxygens (including phenoxy) is 1. The van der Waals surface area contributed by atoms with Crippen molar-refractivity contribution >= 4 is 29.3 Å². The average molecular weight is 491 g/mol. The van der Waals surface area contributed by atoms with Gasteiger partial charge >= 0.3 is 12.1 Å². The Morgan fingerprint density at radius 3 is 2.20 bits per heavy atom. The molecule has 1 atom stereocenters. The van der Waals surface area contributed by atoms with Crippen molar-refractivity contribution in [2.45, 2.75) is 31.2 Å². The van der Waals surface area contributed by atoms with Gasteiger partial charge in [-0.3, -0.25) is 4.79 Å². The standard InChI is InChI=1S/C27H26N2O5S/c30-24(31)23(22-11-5-14-35-22)29-25(32)27(12-6-13-27)16-28-26(33)34-15-21-19-9-3-1-7-17(19)18-8-2-4-10-20(18)21/h1-5,7-11,14,21,23H,6,12-13,15-16H2,(H,28,33)(H,29,32)(H,30,31). The molecule has 3 N–H and O–H groups in total. The zero-order chi connectivity index (χ0) is 24.4. The molecule has 1 unspecified atom stereocenters. The van der Waals surface area contributed by atoms with Crippen molar-refractivity contribution in [2.24, 2.45) is 5.41 Å². The molecule has 7 nitrogen and oxygen atoms in total. The smallest absolute Gasteiger partial charge is 0.407 e. The molecule has 0 spiro atoms. The zero-order valence-corrected chi connectivity index (χ0v) is 19.8. The van der Waals surface area contributed by atoms with Crippen LogP contribution in [0, 0.1) is 5.41 Å². The lowest BCUT2D eigenvalue weighted by atomic mass is 9.68. The quantitative estimate of drug-likeness (QED) is 0.425. The van der Waals surface area contributed by atoms with E-state index in [1.807, 2.05) is 24.3 Å². The predicted octanol–water partition coefficient (Wildman–Crippen LogP) is 4.70. The fraction of sp³-hybridized carbons (Fsp3) is 0.296. The van der Waals surface area contributed by atoms with E-state index in [1.165, 1.54) is 11.3 Å². The van der Waals surface area contributed by atoms with Crippen LogP contribution in [0.2, 0.25) is 0 Å². The lowest BCUT2D eigenvalue weighted by Crippen LogP contribution is -2.53. The minimum atomic E-state index is -1.11. The molecule has 0 saturated heterocycles. The molecule has 0 bridgehead atoms. The minimum Gasteiger partial charge on any atom is -0.479 e. The van der Waals surface area contributed by atoms with Gasteiger partial charge in [0, 0.05) is 17.3 Å². The fourth-order valence-corrected chi connectivity index (χ4v) is 5.74. The summed E-state index contributed by atoms with van der Waals surface area (Å²) in [6.45, 7) is 0.296. The second kappa shape index (κ2) is 9.54. The summed E-state index contributed by atoms with van der Waals surface area (Å²) in [7, 11) is 0. The molecule has 5 rings (SSSR count). The van der Waals surface area contributed by atoms with E-state index in [2.05, 4.69) is 34.9 Å². The van der Waals surface area contributed by atoms with Crippen LogP contribution in [0.3, 0.4) is 0 Å². The van der Waals surface area contributed by atoms with Gasteiger partial charge in [-0.15, -0.1) is 11.3 Å². The molecule has 8 heteroatoms. The van der Waals surface area contributed by atoms with Crippen molar-refractivity contribution in [3.63, 3.8) is 0 Å². The zero-order valence-electron chi connectivity index (χ0n) is 19.0. The highest BCUT2D eigenvalue weighted by molar-refractivity contribution is 7.10. The van der Waals surface area contributed by atoms with Crippen LogP contribution in [-0.4, -0.2) is 36.2 Å². The van der Waals surface area contributed by atoms with Gasteiger partial charge < -0.3 is 20.5 Å². The SMILES string of the molecule is O=C(NCC1(C(=O)NC(C(=O)O)c2cccs2)CCC1)OCC1c2ccccc2-c2ccccc21. The van der Waals surface area contributed by atoms with Gasteiger partial charge in [-0.05, 0) is 46.5 Å². The number of carboxylic acids is 1. The van der Waals surface area contributed by atoms with Crippen molar-refractivity contribution in [3.8, 4) is 11.1 Å². The molecule has 35 heavy (non-hydrogen) atoms. The van der Waals surface area contributed by atoms with Crippen LogP contribution in [0.4, 0.5) is 4.79 Å². The topological polar surface area (TPSA) is 105 Å². The van der Waals surface area contributed by atoms with E-state index in [0.717, 1.165) is 28.7 Å². The van der Waals surface area contributed by atoms with Gasteiger partial charge in [0.25, 0.3) is 0 Å². The first-order valence-corrected chi connectivity index (χ1v) is 12.5. The Kier molecular flexibility index (Phi) is 6.30. The summed E-state index contributed by atoms with van der Waals surface area (Å²) >= 11 is 1.28. The molecule has 0 radical (unpaired) electrons. The van der Waals surface area contributed by atoms with Crippen LogP contribution in [-0.2, 0) is 14.3 Å². The Bertz CT molecular complexity index is 1210. The third-order valence-corrected chi connectivity index (χ3v) is 7.99. The van der Waals surface area contributed by atoms with Crippen molar-refractivity contribution in [1.82, 2.24) is 10.6 Å². The number of aliphatic carboxylic acids is 1. The number of amides is 2. The predicted molar refractivity (Wildman–Crippen MR) is 132 cm³/mol. The van der Waals surface area contributed by atoms with Crippen LogP contribution >= 0.6 is 11.3 Å². The number of nitrogens with one attached hydrogen (secondary N) is 2. The van der Waals surface area contributed by atoms with Gasteiger partial charge in [0.15, 0.2) is 6.04 Å². The van der Waals surface area contributed by atoms with Crippen molar-refractivity contribution in [2.75, 3.05) is 13.2 Å². The van der Waals surface area contributed by atoms with Crippen molar-refractivity contribution < 1.29 is 24.2 Å². The first kappa shape index (κ1) is 23.1. The normalized spacial score (nSPS) is 16.3. The molecule has 3 aromatic rings. The second-order valence-electron chi connectivity index (χ2n) is 9.07. The Morgan fingerprint density at radius 2 is 1.66 bits per heavy atom. The summed E-state index contributed by atoms with van der Waals surface area (Å²) < 4.78 is 5.59. The molecule has 2 aromatic carbocycles. The number of alkyl carbamates (subject to hydrolysis) is 1. The maximum atomic E-state index is 13.0. The highest BCUT2D eigenvalue weighted by Crippen LogP contribution is 2.44. The van der Waals surface area contributed by atoms with Gasteiger partial charge in [0.2, 0.25) is 5.91 Å². The highest BCUT2D eigenvalue weighted by atomic mass is 32.1. The Balaban J connectivity index is 1.20. The Morgan fingerprint density at radius 1 is 1.00 bits per heavy atom. The average Bonchev–Trinajstić information content (AvgIpc) is 3.47. The Labute approximate surface area is 207 Å². The van der Waals surface area contributed by atoms with E-state index >= 15 is 0 Å². The largest absolute Gasteiger partial charge is 0.479 e. The number of carbonyl (C=O) groups excluding carboxylic acids is 2. The molecule has 0 aliphatic heterocycles. The number of hydrogen-bond acceptors (Lipinski definition) is 5. The molecule has 2 aliphatic rings. The highest BCUT2D eigenvalue weighted by Gasteiger charge is 2.46. The summed E-state index contributed by atoms with van der Waals surface area (Å²) in [5.41, 5.74) is 3.74. The van der Waals surface area contributed by atoms with Gasteiger partial charge in [-0.1, -0.05) is 61.0 Å². The van der Waals surface area contributed by atoms with Gasteiger partial charge in [-0.2, -0.15) is 0 Å². The molecule has 2 aliphatic carbocycles. The van der Waals surface area contributed by atoms with E-state index in [9.17, 15) is 19.5 Å². The van der Waals surface area contributed by atoms with Crippen molar-refractivity contribution in [1.29, 1.82) is 0 Å². The monoisotopic (exact) mass is 490 g/mol. The van der Waals surface area contributed by atoms with Crippen LogP contribution in [0.25, 0.3) is 11.1 Å². The number of benzene rings is 2. The molecule has 1 saturated carbocycles. The molecular formula is C27H26N2O5S. The first-order valence-electron chi connectivity index (χ1n) is 11.6. The molecule has 1 aromatic heterocycles.